The zero-order chi connectivity index (χ0) is 16.4. The van der Waals surface area contributed by atoms with E-state index in [0.717, 1.165) is 23.1 Å². The number of nitrogens with one attached hydrogen (secondary N) is 1. The maximum atomic E-state index is 5.72. The van der Waals surface area contributed by atoms with E-state index in [2.05, 4.69) is 27.3 Å². The summed E-state index contributed by atoms with van der Waals surface area (Å²) in [7, 11) is 0. The zero-order valence-corrected chi connectivity index (χ0v) is 13.8. The highest BCUT2D eigenvalue weighted by atomic mass is 32.1. The number of thiocarbonyl (C=S) groups is 1. The molecule has 0 spiro atoms. The lowest BCUT2D eigenvalue weighted by Crippen LogP contribution is -2.28. The van der Waals surface area contributed by atoms with Crippen LogP contribution in [0, 0.1) is 0 Å². The molecule has 0 bridgehead atoms. The monoisotopic (exact) mass is 335 g/mol. The molecule has 1 saturated heterocycles. The summed E-state index contributed by atoms with van der Waals surface area (Å²) < 4.78 is 5.72. The van der Waals surface area contributed by atoms with Gasteiger partial charge in [0.25, 0.3) is 0 Å². The van der Waals surface area contributed by atoms with Gasteiger partial charge in [-0.1, -0.05) is 36.4 Å². The number of aromatic nitrogens is 1. The smallest absolute Gasteiger partial charge is 0.170 e. The molecule has 0 unspecified atom stereocenters. The van der Waals surface area contributed by atoms with Crippen LogP contribution in [0.1, 0.15) is 29.1 Å². The Hall–Kier alpha value is -2.66. The summed E-state index contributed by atoms with van der Waals surface area (Å²) in [6, 6.07) is 20.1. The molecule has 120 valence electrons. The molecule has 24 heavy (non-hydrogen) atoms. The summed E-state index contributed by atoms with van der Waals surface area (Å²) in [5.41, 5.74) is 2.16. The Morgan fingerprint density at radius 1 is 1.04 bits per heavy atom. The van der Waals surface area contributed by atoms with Crippen LogP contribution < -0.4 is 5.32 Å². The van der Waals surface area contributed by atoms with E-state index in [1.807, 2.05) is 48.5 Å². The highest BCUT2D eigenvalue weighted by Crippen LogP contribution is 2.39. The molecule has 3 aromatic rings. The third-order valence-electron chi connectivity index (χ3n) is 4.23. The Bertz CT molecular complexity index is 805. The van der Waals surface area contributed by atoms with E-state index in [0.29, 0.717) is 0 Å². The van der Waals surface area contributed by atoms with Gasteiger partial charge in [0, 0.05) is 12.7 Å². The van der Waals surface area contributed by atoms with Gasteiger partial charge < -0.3 is 14.6 Å². The van der Waals surface area contributed by atoms with Gasteiger partial charge in [0.2, 0.25) is 0 Å². The number of benzene rings is 1. The van der Waals surface area contributed by atoms with Crippen LogP contribution in [0.3, 0.4) is 0 Å². The maximum absolute atomic E-state index is 5.72. The molecule has 1 aliphatic rings. The van der Waals surface area contributed by atoms with Crippen LogP contribution in [0.25, 0.3) is 0 Å². The maximum Gasteiger partial charge on any atom is 0.170 e. The third-order valence-corrected chi connectivity index (χ3v) is 4.58. The normalized spacial score (nSPS) is 20.2. The minimum atomic E-state index is -0.0337. The fourth-order valence-corrected chi connectivity index (χ4v) is 3.43. The second kappa shape index (κ2) is 6.45. The summed E-state index contributed by atoms with van der Waals surface area (Å²) in [6.07, 6.45) is 3.51. The number of furan rings is 1. The van der Waals surface area contributed by atoms with Crippen molar-refractivity contribution in [3.63, 3.8) is 0 Å². The molecule has 1 N–H and O–H groups in total. The van der Waals surface area contributed by atoms with Crippen LogP contribution in [0.2, 0.25) is 0 Å². The highest BCUT2D eigenvalue weighted by Gasteiger charge is 2.41. The first kappa shape index (κ1) is 14.9. The molecule has 0 amide bonds. The topological polar surface area (TPSA) is 41.3 Å². The van der Waals surface area contributed by atoms with Gasteiger partial charge in [0.05, 0.1) is 18.0 Å². The average Bonchev–Trinajstić information content (AvgIpc) is 3.25. The van der Waals surface area contributed by atoms with Crippen LogP contribution in [0.4, 0.5) is 0 Å². The average molecular weight is 335 g/mol. The molecule has 2 aromatic heterocycles. The standard InChI is InChI=1S/C19H17N3OS/c24-19-21-17(15-9-4-5-11-20-15)18(16-10-6-12-23-16)22(19)13-14-7-2-1-3-8-14/h1-12,17-18H,13H2,(H,21,24)/t17-,18+/m0/s1. The molecular weight excluding hydrogens is 318 g/mol. The van der Waals surface area contributed by atoms with Gasteiger partial charge >= 0.3 is 0 Å². The predicted molar refractivity (Wildman–Crippen MR) is 96.1 cm³/mol. The Balaban J connectivity index is 1.71. The van der Waals surface area contributed by atoms with Gasteiger partial charge in [-0.05, 0) is 42.0 Å². The first-order valence-electron chi connectivity index (χ1n) is 7.88. The van der Waals surface area contributed by atoms with E-state index in [1.54, 1.807) is 12.5 Å². The van der Waals surface area contributed by atoms with Crippen molar-refractivity contribution in [2.24, 2.45) is 0 Å². The fraction of sp³-hybridized carbons (Fsp3) is 0.158. The Morgan fingerprint density at radius 2 is 1.88 bits per heavy atom. The predicted octanol–water partition coefficient (Wildman–Crippen LogP) is 3.85. The molecule has 2 atom stereocenters. The molecule has 0 aliphatic carbocycles. The Labute approximate surface area is 146 Å². The van der Waals surface area contributed by atoms with Crippen LogP contribution in [0.15, 0.2) is 77.5 Å². The number of rotatable bonds is 4. The summed E-state index contributed by atoms with van der Waals surface area (Å²) >= 11 is 5.61. The van der Waals surface area contributed by atoms with Crippen LogP contribution >= 0.6 is 12.2 Å². The van der Waals surface area contributed by atoms with Crippen molar-refractivity contribution in [1.29, 1.82) is 0 Å². The number of hydrogen-bond acceptors (Lipinski definition) is 3. The molecular formula is C19H17N3OS. The number of nitrogens with zero attached hydrogens (tertiary/aromatic N) is 2. The number of hydrogen-bond donors (Lipinski definition) is 1. The lowest BCUT2D eigenvalue weighted by Gasteiger charge is -2.26. The molecule has 1 aliphatic heterocycles. The first-order chi connectivity index (χ1) is 11.8. The molecule has 5 heteroatoms. The third kappa shape index (κ3) is 2.78. The van der Waals surface area contributed by atoms with Gasteiger partial charge in [-0.3, -0.25) is 4.98 Å². The summed E-state index contributed by atoms with van der Waals surface area (Å²) in [4.78, 5) is 6.68. The van der Waals surface area contributed by atoms with Crippen molar-refractivity contribution < 1.29 is 4.42 Å². The lowest BCUT2D eigenvalue weighted by molar-refractivity contribution is 0.267. The van der Waals surface area contributed by atoms with Gasteiger partial charge in [-0.2, -0.15) is 0 Å². The summed E-state index contributed by atoms with van der Waals surface area (Å²) in [5, 5.41) is 4.13. The van der Waals surface area contributed by atoms with E-state index in [9.17, 15) is 0 Å². The van der Waals surface area contributed by atoms with E-state index in [1.165, 1.54) is 5.56 Å². The van der Waals surface area contributed by atoms with Gasteiger partial charge in [-0.15, -0.1) is 0 Å². The quantitative estimate of drug-likeness (QED) is 0.734. The molecule has 1 fully saturated rings. The van der Waals surface area contributed by atoms with Crippen molar-refractivity contribution >= 4 is 17.3 Å². The summed E-state index contributed by atoms with van der Waals surface area (Å²) in [6.45, 7) is 0.724. The SMILES string of the molecule is S=C1N[C@@H](c2ccccn2)[C@@H](c2ccco2)N1Cc1ccccc1. The zero-order valence-electron chi connectivity index (χ0n) is 13.0. The van der Waals surface area contributed by atoms with Crippen LogP contribution in [-0.2, 0) is 6.54 Å². The van der Waals surface area contributed by atoms with E-state index in [4.69, 9.17) is 16.6 Å². The van der Waals surface area contributed by atoms with Gasteiger partial charge in [0.15, 0.2) is 5.11 Å². The minimum Gasteiger partial charge on any atom is -0.467 e. The van der Waals surface area contributed by atoms with E-state index < -0.39 is 0 Å². The first-order valence-corrected chi connectivity index (χ1v) is 8.29. The molecule has 0 radical (unpaired) electrons. The summed E-state index contributed by atoms with van der Waals surface area (Å²) in [5.74, 6) is 0.883. The Morgan fingerprint density at radius 3 is 2.58 bits per heavy atom. The number of pyridine rings is 1. The van der Waals surface area contributed by atoms with Crippen molar-refractivity contribution in [2.45, 2.75) is 18.6 Å². The lowest BCUT2D eigenvalue weighted by atomic mass is 10.0. The highest BCUT2D eigenvalue weighted by molar-refractivity contribution is 7.80. The minimum absolute atomic E-state index is 0.0254. The largest absolute Gasteiger partial charge is 0.467 e. The van der Waals surface area contributed by atoms with E-state index >= 15 is 0 Å². The Kier molecular flexibility index (Phi) is 4.01. The van der Waals surface area contributed by atoms with E-state index in [-0.39, 0.29) is 12.1 Å². The molecule has 1 aromatic carbocycles. The van der Waals surface area contributed by atoms with Gasteiger partial charge in [-0.25, -0.2) is 0 Å². The van der Waals surface area contributed by atoms with Crippen molar-refractivity contribution in [2.75, 3.05) is 0 Å². The van der Waals surface area contributed by atoms with Gasteiger partial charge in [0.1, 0.15) is 11.8 Å². The molecule has 4 nitrogen and oxygen atoms in total. The fourth-order valence-electron chi connectivity index (χ4n) is 3.12. The second-order valence-corrected chi connectivity index (χ2v) is 6.14. The van der Waals surface area contributed by atoms with Crippen molar-refractivity contribution in [3.8, 4) is 0 Å². The molecule has 0 saturated carbocycles. The van der Waals surface area contributed by atoms with Crippen molar-refractivity contribution in [3.05, 3.63) is 90.1 Å². The molecule has 4 rings (SSSR count). The molecule has 3 heterocycles. The van der Waals surface area contributed by atoms with Crippen LogP contribution in [0.5, 0.6) is 0 Å². The van der Waals surface area contributed by atoms with Crippen molar-refractivity contribution in [1.82, 2.24) is 15.2 Å². The van der Waals surface area contributed by atoms with Crippen LogP contribution in [-0.4, -0.2) is 15.0 Å². The second-order valence-electron chi connectivity index (χ2n) is 5.76.